The van der Waals surface area contributed by atoms with Crippen LogP contribution in [-0.2, 0) is 0 Å². The van der Waals surface area contributed by atoms with Gasteiger partial charge in [-0.1, -0.05) is 0 Å². The second kappa shape index (κ2) is 7.35. The lowest BCUT2D eigenvalue weighted by Crippen LogP contribution is -2.30. The van der Waals surface area contributed by atoms with Crippen molar-refractivity contribution >= 4 is 35.0 Å². The quantitative estimate of drug-likeness (QED) is 0.843. The molecule has 2 nitrogen and oxygen atoms in total. The van der Waals surface area contributed by atoms with Gasteiger partial charge in [0.1, 0.15) is 5.75 Å². The fourth-order valence-corrected chi connectivity index (χ4v) is 2.15. The third kappa shape index (κ3) is 4.47. The van der Waals surface area contributed by atoms with Crippen LogP contribution in [0, 0.1) is 9.49 Å². The number of hydrogen-bond acceptors (Lipinski definition) is 2. The molecule has 0 bridgehead atoms. The van der Waals surface area contributed by atoms with Gasteiger partial charge in [-0.05, 0) is 78.7 Å². The zero-order valence-electron chi connectivity index (χ0n) is 9.12. The van der Waals surface area contributed by atoms with Gasteiger partial charge in [0.25, 0.3) is 0 Å². The Bertz CT molecular complexity index is 298. The predicted molar refractivity (Wildman–Crippen MR) is 77.5 cm³/mol. The van der Waals surface area contributed by atoms with Crippen LogP contribution in [0.25, 0.3) is 0 Å². The van der Waals surface area contributed by atoms with Gasteiger partial charge >= 0.3 is 0 Å². The Labute approximate surface area is 117 Å². The van der Waals surface area contributed by atoms with Crippen LogP contribution in [-0.4, -0.2) is 19.7 Å². The molecule has 0 aromatic heterocycles. The van der Waals surface area contributed by atoms with E-state index in [0.29, 0.717) is 0 Å². The van der Waals surface area contributed by atoms with E-state index in [1.165, 1.54) is 16.4 Å². The van der Waals surface area contributed by atoms with E-state index in [2.05, 4.69) is 40.0 Å². The van der Waals surface area contributed by atoms with Gasteiger partial charge in [0.15, 0.2) is 0 Å². The lowest BCUT2D eigenvalue weighted by Gasteiger charge is -2.22. The van der Waals surface area contributed by atoms with E-state index in [1.54, 1.807) is 0 Å². The molecule has 0 aliphatic carbocycles. The van der Waals surface area contributed by atoms with Gasteiger partial charge in [-0.15, -0.1) is 12.4 Å². The highest BCUT2D eigenvalue weighted by Crippen LogP contribution is 2.17. The molecule has 0 saturated carbocycles. The van der Waals surface area contributed by atoms with Crippen molar-refractivity contribution in [2.24, 2.45) is 5.92 Å². The summed E-state index contributed by atoms with van der Waals surface area (Å²) in [6.45, 7) is 3.14. The maximum Gasteiger partial charge on any atom is 0.119 e. The van der Waals surface area contributed by atoms with Gasteiger partial charge < -0.3 is 10.1 Å². The largest absolute Gasteiger partial charge is 0.493 e. The topological polar surface area (TPSA) is 21.3 Å². The van der Waals surface area contributed by atoms with Crippen LogP contribution in [0.15, 0.2) is 24.3 Å². The van der Waals surface area contributed by atoms with Crippen LogP contribution < -0.4 is 10.1 Å². The minimum atomic E-state index is 0. The zero-order valence-corrected chi connectivity index (χ0v) is 12.1. The highest BCUT2D eigenvalue weighted by atomic mass is 127. The summed E-state index contributed by atoms with van der Waals surface area (Å²) in [6, 6.07) is 8.25. The molecule has 4 heteroatoms. The second-order valence-corrected chi connectivity index (χ2v) is 5.20. The molecule has 1 N–H and O–H groups in total. The first-order valence-electron chi connectivity index (χ1n) is 5.44. The number of rotatable bonds is 3. The number of piperidine rings is 1. The van der Waals surface area contributed by atoms with Crippen molar-refractivity contribution in [1.82, 2.24) is 5.32 Å². The summed E-state index contributed by atoms with van der Waals surface area (Å²) in [6.07, 6.45) is 2.48. The Balaban J connectivity index is 0.00000128. The van der Waals surface area contributed by atoms with Crippen LogP contribution in [0.5, 0.6) is 5.75 Å². The van der Waals surface area contributed by atoms with E-state index in [4.69, 9.17) is 4.74 Å². The maximum atomic E-state index is 5.77. The molecule has 16 heavy (non-hydrogen) atoms. The maximum absolute atomic E-state index is 5.77. The monoisotopic (exact) mass is 353 g/mol. The number of hydrogen-bond donors (Lipinski definition) is 1. The lowest BCUT2D eigenvalue weighted by molar-refractivity contribution is 0.215. The molecule has 0 radical (unpaired) electrons. The number of benzene rings is 1. The average molecular weight is 354 g/mol. The molecule has 1 aromatic rings. The minimum absolute atomic E-state index is 0. The predicted octanol–water partition coefficient (Wildman–Crippen LogP) is 3.09. The van der Waals surface area contributed by atoms with E-state index in [0.717, 1.165) is 31.4 Å². The van der Waals surface area contributed by atoms with Gasteiger partial charge in [-0.25, -0.2) is 0 Å². The van der Waals surface area contributed by atoms with Gasteiger partial charge in [0, 0.05) is 3.57 Å². The number of ether oxygens (including phenoxy) is 1. The lowest BCUT2D eigenvalue weighted by atomic mass is 9.99. The molecule has 1 fully saturated rings. The molecule has 2 rings (SSSR count). The third-order valence-electron chi connectivity index (χ3n) is 2.76. The molecule has 1 aliphatic rings. The first-order valence-corrected chi connectivity index (χ1v) is 6.51. The molecule has 1 aromatic carbocycles. The standard InChI is InChI=1S/C12H16INO.ClH/c13-11-1-3-12(4-2-11)15-9-10-5-7-14-8-6-10;/h1-4,10,14H,5-9H2;1H. The van der Waals surface area contributed by atoms with E-state index >= 15 is 0 Å². The average Bonchev–Trinajstić information content (AvgIpc) is 2.30. The minimum Gasteiger partial charge on any atom is -0.493 e. The molecule has 1 aliphatic heterocycles. The normalized spacial score (nSPS) is 16.6. The zero-order chi connectivity index (χ0) is 10.5. The van der Waals surface area contributed by atoms with Crippen molar-refractivity contribution in [1.29, 1.82) is 0 Å². The van der Waals surface area contributed by atoms with Crippen molar-refractivity contribution in [2.45, 2.75) is 12.8 Å². The van der Waals surface area contributed by atoms with Crippen LogP contribution in [0.2, 0.25) is 0 Å². The van der Waals surface area contributed by atoms with Crippen molar-refractivity contribution in [3.8, 4) is 5.75 Å². The third-order valence-corrected chi connectivity index (χ3v) is 3.48. The summed E-state index contributed by atoms with van der Waals surface area (Å²) < 4.78 is 7.02. The summed E-state index contributed by atoms with van der Waals surface area (Å²) in [5.74, 6) is 1.72. The Morgan fingerprint density at radius 1 is 1.19 bits per heavy atom. The first-order chi connectivity index (χ1) is 7.34. The molecule has 1 heterocycles. The Hall–Kier alpha value is 0. The summed E-state index contributed by atoms with van der Waals surface area (Å²) in [7, 11) is 0. The fraction of sp³-hybridized carbons (Fsp3) is 0.500. The van der Waals surface area contributed by atoms with E-state index in [9.17, 15) is 0 Å². The van der Waals surface area contributed by atoms with Crippen molar-refractivity contribution in [3.05, 3.63) is 27.8 Å². The molecule has 0 amide bonds. The van der Waals surface area contributed by atoms with Crippen molar-refractivity contribution in [2.75, 3.05) is 19.7 Å². The second-order valence-electron chi connectivity index (χ2n) is 3.96. The van der Waals surface area contributed by atoms with Crippen LogP contribution >= 0.6 is 35.0 Å². The van der Waals surface area contributed by atoms with Gasteiger partial charge in [0.05, 0.1) is 6.61 Å². The van der Waals surface area contributed by atoms with Gasteiger partial charge in [-0.3, -0.25) is 0 Å². The number of nitrogens with one attached hydrogen (secondary N) is 1. The van der Waals surface area contributed by atoms with Crippen molar-refractivity contribution < 1.29 is 4.74 Å². The Morgan fingerprint density at radius 2 is 1.81 bits per heavy atom. The molecule has 0 atom stereocenters. The SMILES string of the molecule is Cl.Ic1ccc(OCC2CCNCC2)cc1. The smallest absolute Gasteiger partial charge is 0.119 e. The first kappa shape index (κ1) is 14.1. The fourth-order valence-electron chi connectivity index (χ4n) is 1.79. The Morgan fingerprint density at radius 3 is 2.44 bits per heavy atom. The van der Waals surface area contributed by atoms with Crippen LogP contribution in [0.3, 0.4) is 0 Å². The van der Waals surface area contributed by atoms with Crippen LogP contribution in [0.4, 0.5) is 0 Å². The summed E-state index contributed by atoms with van der Waals surface area (Å²) in [4.78, 5) is 0. The molecular formula is C12H17ClINO. The summed E-state index contributed by atoms with van der Waals surface area (Å²) in [5, 5.41) is 3.36. The molecule has 0 spiro atoms. The highest BCUT2D eigenvalue weighted by Gasteiger charge is 2.13. The van der Waals surface area contributed by atoms with E-state index in [-0.39, 0.29) is 12.4 Å². The van der Waals surface area contributed by atoms with Crippen molar-refractivity contribution in [3.63, 3.8) is 0 Å². The van der Waals surface area contributed by atoms with Gasteiger partial charge in [-0.2, -0.15) is 0 Å². The van der Waals surface area contributed by atoms with E-state index < -0.39 is 0 Å². The molecular weight excluding hydrogens is 336 g/mol. The summed E-state index contributed by atoms with van der Waals surface area (Å²) >= 11 is 2.30. The molecule has 0 unspecified atom stereocenters. The van der Waals surface area contributed by atoms with E-state index in [1.807, 2.05) is 12.1 Å². The highest BCUT2D eigenvalue weighted by molar-refractivity contribution is 14.1. The molecule has 1 saturated heterocycles. The summed E-state index contributed by atoms with van der Waals surface area (Å²) in [5.41, 5.74) is 0. The number of halogens is 2. The van der Waals surface area contributed by atoms with Crippen LogP contribution in [0.1, 0.15) is 12.8 Å². The molecule has 90 valence electrons. The Kier molecular flexibility index (Phi) is 6.46. The van der Waals surface area contributed by atoms with Gasteiger partial charge in [0.2, 0.25) is 0 Å².